The summed E-state index contributed by atoms with van der Waals surface area (Å²) in [6.45, 7) is 0.672. The lowest BCUT2D eigenvalue weighted by molar-refractivity contribution is 0.222. The number of amidine groups is 1. The van der Waals surface area contributed by atoms with Crippen LogP contribution < -0.4 is 10.5 Å². The minimum Gasteiger partial charge on any atom is -0.493 e. The first-order chi connectivity index (χ1) is 8.16. The van der Waals surface area contributed by atoms with Crippen molar-refractivity contribution in [3.63, 3.8) is 0 Å². The van der Waals surface area contributed by atoms with Crippen molar-refractivity contribution in [1.82, 2.24) is 0 Å². The summed E-state index contributed by atoms with van der Waals surface area (Å²) < 4.78 is 5.68. The minimum absolute atomic E-state index is 0.0142. The summed E-state index contributed by atoms with van der Waals surface area (Å²) in [6.07, 6.45) is 5.06. The monoisotopic (exact) mass is 252 g/mol. The predicted molar refractivity (Wildman–Crippen MR) is 69.9 cm³/mol. The largest absolute Gasteiger partial charge is 0.493 e. The van der Waals surface area contributed by atoms with Crippen LogP contribution in [-0.2, 0) is 0 Å². The van der Waals surface area contributed by atoms with E-state index in [9.17, 15) is 0 Å². The number of hydrogen-bond donors (Lipinski definition) is 2. The van der Waals surface area contributed by atoms with E-state index in [-0.39, 0.29) is 5.84 Å². The second-order valence-corrected chi connectivity index (χ2v) is 4.92. The summed E-state index contributed by atoms with van der Waals surface area (Å²) in [5, 5.41) is 8.07. The van der Waals surface area contributed by atoms with E-state index in [0.717, 1.165) is 12.3 Å². The second kappa shape index (κ2) is 5.41. The van der Waals surface area contributed by atoms with Gasteiger partial charge in [-0.2, -0.15) is 0 Å². The molecule has 1 aliphatic carbocycles. The average Bonchev–Trinajstić information content (AvgIpc) is 2.21. The third-order valence-corrected chi connectivity index (χ3v) is 3.48. The van der Waals surface area contributed by atoms with Gasteiger partial charge in [-0.05, 0) is 30.5 Å². The third-order valence-electron chi connectivity index (χ3n) is 3.24. The molecule has 0 aromatic heterocycles. The Morgan fingerprint density at radius 2 is 2.24 bits per heavy atom. The van der Waals surface area contributed by atoms with Crippen molar-refractivity contribution in [3.05, 3.63) is 28.8 Å². The van der Waals surface area contributed by atoms with Crippen molar-refractivity contribution in [2.24, 2.45) is 11.7 Å². The van der Waals surface area contributed by atoms with Crippen molar-refractivity contribution in [3.8, 4) is 5.75 Å². The van der Waals surface area contributed by atoms with Gasteiger partial charge in [-0.15, -0.1) is 0 Å². The summed E-state index contributed by atoms with van der Waals surface area (Å²) in [5.41, 5.74) is 6.11. The molecule has 17 heavy (non-hydrogen) atoms. The first kappa shape index (κ1) is 12.2. The van der Waals surface area contributed by atoms with E-state index in [1.165, 1.54) is 19.3 Å². The SMILES string of the molecule is N=C(N)c1ccc(Cl)cc1OCCC1CCC1. The van der Waals surface area contributed by atoms with E-state index < -0.39 is 0 Å². The highest BCUT2D eigenvalue weighted by Gasteiger charge is 2.17. The Hall–Kier alpha value is -1.22. The van der Waals surface area contributed by atoms with Crippen LogP contribution in [0.5, 0.6) is 5.75 Å². The van der Waals surface area contributed by atoms with Gasteiger partial charge in [0.2, 0.25) is 0 Å². The highest BCUT2D eigenvalue weighted by molar-refractivity contribution is 6.30. The Kier molecular flexibility index (Phi) is 3.89. The molecule has 1 saturated carbocycles. The van der Waals surface area contributed by atoms with E-state index in [1.807, 2.05) is 0 Å². The van der Waals surface area contributed by atoms with E-state index in [0.29, 0.717) is 22.9 Å². The Labute approximate surface area is 106 Å². The number of nitrogens with one attached hydrogen (secondary N) is 1. The minimum atomic E-state index is 0.0142. The zero-order valence-electron chi connectivity index (χ0n) is 9.71. The maximum absolute atomic E-state index is 7.47. The first-order valence-corrected chi connectivity index (χ1v) is 6.31. The number of rotatable bonds is 5. The Morgan fingerprint density at radius 3 is 2.82 bits per heavy atom. The van der Waals surface area contributed by atoms with Crippen LogP contribution in [0.25, 0.3) is 0 Å². The fraction of sp³-hybridized carbons (Fsp3) is 0.462. The number of halogens is 1. The molecule has 0 unspecified atom stereocenters. The van der Waals surface area contributed by atoms with E-state index in [1.54, 1.807) is 18.2 Å². The van der Waals surface area contributed by atoms with Gasteiger partial charge in [0.1, 0.15) is 11.6 Å². The summed E-state index contributed by atoms with van der Waals surface area (Å²) in [5.74, 6) is 1.44. The number of nitrogens with two attached hydrogens (primary N) is 1. The molecule has 1 aliphatic rings. The molecule has 3 N–H and O–H groups in total. The van der Waals surface area contributed by atoms with Crippen molar-refractivity contribution >= 4 is 17.4 Å². The van der Waals surface area contributed by atoms with Crippen LogP contribution in [0.1, 0.15) is 31.2 Å². The highest BCUT2D eigenvalue weighted by Crippen LogP contribution is 2.30. The zero-order valence-corrected chi connectivity index (χ0v) is 10.5. The van der Waals surface area contributed by atoms with Crippen molar-refractivity contribution in [2.45, 2.75) is 25.7 Å². The second-order valence-electron chi connectivity index (χ2n) is 4.49. The van der Waals surface area contributed by atoms with Crippen molar-refractivity contribution < 1.29 is 4.74 Å². The first-order valence-electron chi connectivity index (χ1n) is 5.93. The van der Waals surface area contributed by atoms with Crippen molar-refractivity contribution in [2.75, 3.05) is 6.61 Å². The fourth-order valence-corrected chi connectivity index (χ4v) is 2.12. The van der Waals surface area contributed by atoms with E-state index in [2.05, 4.69) is 0 Å². The molecule has 4 heteroatoms. The Bertz CT molecular complexity index is 416. The van der Waals surface area contributed by atoms with Gasteiger partial charge >= 0.3 is 0 Å². The van der Waals surface area contributed by atoms with Crippen LogP contribution in [0.3, 0.4) is 0 Å². The van der Waals surface area contributed by atoms with Crippen LogP contribution >= 0.6 is 11.6 Å². The zero-order chi connectivity index (χ0) is 12.3. The highest BCUT2D eigenvalue weighted by atomic mass is 35.5. The van der Waals surface area contributed by atoms with Crippen LogP contribution in [0.15, 0.2) is 18.2 Å². The number of ether oxygens (including phenoxy) is 1. The van der Waals surface area contributed by atoms with Crippen molar-refractivity contribution in [1.29, 1.82) is 5.41 Å². The summed E-state index contributed by atoms with van der Waals surface area (Å²) in [7, 11) is 0. The molecule has 0 atom stereocenters. The normalized spacial score (nSPS) is 15.4. The lowest BCUT2D eigenvalue weighted by Crippen LogP contribution is -2.16. The molecular formula is C13H17ClN2O. The van der Waals surface area contributed by atoms with Gasteiger partial charge in [0.05, 0.1) is 12.2 Å². The maximum Gasteiger partial charge on any atom is 0.131 e. The molecule has 1 aromatic carbocycles. The molecule has 0 aliphatic heterocycles. The van der Waals surface area contributed by atoms with Gasteiger partial charge in [0, 0.05) is 5.02 Å². The van der Waals surface area contributed by atoms with Crippen LogP contribution in [0.2, 0.25) is 5.02 Å². The molecule has 0 heterocycles. The van der Waals surface area contributed by atoms with Crippen LogP contribution in [-0.4, -0.2) is 12.4 Å². The molecule has 2 rings (SSSR count). The molecular weight excluding hydrogens is 236 g/mol. The molecule has 92 valence electrons. The summed E-state index contributed by atoms with van der Waals surface area (Å²) in [6, 6.07) is 5.17. The molecule has 3 nitrogen and oxygen atoms in total. The van der Waals surface area contributed by atoms with Crippen LogP contribution in [0.4, 0.5) is 0 Å². The smallest absolute Gasteiger partial charge is 0.131 e. The Morgan fingerprint density at radius 1 is 1.47 bits per heavy atom. The quantitative estimate of drug-likeness (QED) is 0.625. The number of benzene rings is 1. The van der Waals surface area contributed by atoms with E-state index in [4.69, 9.17) is 27.5 Å². The lowest BCUT2D eigenvalue weighted by Gasteiger charge is -2.25. The molecule has 1 aromatic rings. The maximum atomic E-state index is 7.47. The van der Waals surface area contributed by atoms with Gasteiger partial charge in [-0.25, -0.2) is 0 Å². The van der Waals surface area contributed by atoms with Gasteiger partial charge in [0.15, 0.2) is 0 Å². The standard InChI is InChI=1S/C13H17ClN2O/c14-10-4-5-11(13(15)16)12(8-10)17-7-6-9-2-1-3-9/h4-5,8-9H,1-3,6-7H2,(H3,15,16). The molecule has 0 amide bonds. The van der Waals surface area contributed by atoms with Gasteiger partial charge < -0.3 is 10.5 Å². The van der Waals surface area contributed by atoms with Gasteiger partial charge in [0.25, 0.3) is 0 Å². The topological polar surface area (TPSA) is 59.1 Å². The van der Waals surface area contributed by atoms with Gasteiger partial charge in [-0.1, -0.05) is 30.9 Å². The molecule has 0 spiro atoms. The summed E-state index contributed by atoms with van der Waals surface area (Å²) in [4.78, 5) is 0. The lowest BCUT2D eigenvalue weighted by atomic mass is 9.83. The number of hydrogen-bond acceptors (Lipinski definition) is 2. The molecule has 0 bridgehead atoms. The fourth-order valence-electron chi connectivity index (χ4n) is 1.96. The van der Waals surface area contributed by atoms with E-state index >= 15 is 0 Å². The molecule has 1 fully saturated rings. The van der Waals surface area contributed by atoms with Gasteiger partial charge in [-0.3, -0.25) is 5.41 Å². The molecule has 0 saturated heterocycles. The number of nitrogen functional groups attached to an aromatic ring is 1. The summed E-state index contributed by atoms with van der Waals surface area (Å²) >= 11 is 5.91. The molecule has 0 radical (unpaired) electrons. The predicted octanol–water partition coefficient (Wildman–Crippen LogP) is 3.19. The Balaban J connectivity index is 1.97. The van der Waals surface area contributed by atoms with Crippen LogP contribution in [0, 0.1) is 11.3 Å². The third kappa shape index (κ3) is 3.13. The average molecular weight is 253 g/mol.